The Hall–Kier alpha value is 0.965. The summed E-state index contributed by atoms with van der Waals surface area (Å²) in [6.45, 7) is 3.60. The fourth-order valence-electron chi connectivity index (χ4n) is 0.157. The maximum absolute atomic E-state index is 3.60. The van der Waals surface area contributed by atoms with E-state index in [9.17, 15) is 0 Å². The highest BCUT2D eigenvalue weighted by atomic mass is 127. The Kier molecular flexibility index (Phi) is 6.92. The molecule has 0 aromatic rings. The predicted octanol–water partition coefficient (Wildman–Crippen LogP) is 1.55. The van der Waals surface area contributed by atoms with Gasteiger partial charge in [0.15, 0.2) is 0 Å². The Bertz CT molecular complexity index is 39.8. The van der Waals surface area contributed by atoms with Crippen LogP contribution in [0.3, 0.4) is 0 Å². The smallest absolute Gasteiger partial charge is 0.148 e. The third kappa shape index (κ3) is 4.96. The molecule has 0 N–H and O–H groups in total. The van der Waals surface area contributed by atoms with Crippen molar-refractivity contribution in [2.75, 3.05) is 6.16 Å². The average molecular weight is 212 g/mol. The molecule has 34 valence electrons. The largest absolute Gasteiger partial charge is 0.225 e. The molecule has 0 saturated heterocycles. The minimum atomic E-state index is 1.08. The second-order valence-electron chi connectivity index (χ2n) is 0.876. The van der Waals surface area contributed by atoms with E-state index in [2.05, 4.69) is 29.0 Å². The molecule has 1 atom stereocenters. The topological polar surface area (TPSA) is 0 Å². The molecule has 0 saturated carbocycles. The van der Waals surface area contributed by atoms with Crippen molar-refractivity contribution in [2.45, 2.75) is 0 Å². The van der Waals surface area contributed by atoms with E-state index >= 15 is 0 Å². The standard InChI is InChI=1S/C3H7BIP/c1-2-3-6-4-5/h2,4,6H,1,3H2. The summed E-state index contributed by atoms with van der Waals surface area (Å²) in [5.41, 5.74) is 0. The lowest BCUT2D eigenvalue weighted by molar-refractivity contribution is 1.83. The number of hydrogen-bond acceptors (Lipinski definition) is 0. The fourth-order valence-corrected chi connectivity index (χ4v) is 1.40. The molecule has 0 aliphatic rings. The number of hydrogen-bond donors (Lipinski definition) is 0. The van der Waals surface area contributed by atoms with E-state index < -0.39 is 0 Å². The summed E-state index contributed by atoms with van der Waals surface area (Å²) in [6.07, 6.45) is 3.17. The van der Waals surface area contributed by atoms with Crippen molar-refractivity contribution >= 4 is 35.7 Å². The molecule has 6 heavy (non-hydrogen) atoms. The highest BCUT2D eigenvalue weighted by Crippen LogP contribution is 2.08. The van der Waals surface area contributed by atoms with Crippen LogP contribution in [0.4, 0.5) is 0 Å². The van der Waals surface area contributed by atoms with Gasteiger partial charge in [-0.15, -0.1) is 37.4 Å². The second-order valence-corrected chi connectivity index (χ2v) is 4.34. The fraction of sp³-hybridized carbons (Fsp3) is 0.333. The van der Waals surface area contributed by atoms with E-state index in [4.69, 9.17) is 0 Å². The van der Waals surface area contributed by atoms with Crippen molar-refractivity contribution in [3.63, 3.8) is 0 Å². The zero-order valence-electron chi connectivity index (χ0n) is 3.58. The van der Waals surface area contributed by atoms with Gasteiger partial charge in [0.05, 0.1) is 0 Å². The van der Waals surface area contributed by atoms with Crippen molar-refractivity contribution < 1.29 is 0 Å². The van der Waals surface area contributed by atoms with Gasteiger partial charge in [-0.25, -0.2) is 0 Å². The number of halogens is 1. The summed E-state index contributed by atoms with van der Waals surface area (Å²) < 4.78 is 0. The van der Waals surface area contributed by atoms with Gasteiger partial charge in [-0.2, -0.15) is 0 Å². The Labute approximate surface area is 54.6 Å². The van der Waals surface area contributed by atoms with Gasteiger partial charge in [-0.1, -0.05) is 6.08 Å². The van der Waals surface area contributed by atoms with Crippen molar-refractivity contribution in [3.05, 3.63) is 12.7 Å². The maximum atomic E-state index is 3.60. The first kappa shape index (κ1) is 6.96. The van der Waals surface area contributed by atoms with Crippen molar-refractivity contribution in [3.8, 4) is 0 Å². The van der Waals surface area contributed by atoms with Crippen LogP contribution in [0.15, 0.2) is 12.7 Å². The molecule has 0 amide bonds. The summed E-state index contributed by atoms with van der Waals surface area (Å²) in [7, 11) is 1.08. The molecule has 0 aromatic carbocycles. The summed E-state index contributed by atoms with van der Waals surface area (Å²) in [5, 5.41) is 0. The molecule has 0 rings (SSSR count). The van der Waals surface area contributed by atoms with E-state index in [1.165, 1.54) is 11.0 Å². The molecule has 1 unspecified atom stereocenters. The molecule has 0 bridgehead atoms. The van der Waals surface area contributed by atoms with E-state index in [1.54, 1.807) is 0 Å². The lowest BCUT2D eigenvalue weighted by Crippen LogP contribution is -1.63. The normalized spacial score (nSPS) is 9.50. The molecular weight excluding hydrogens is 205 g/mol. The highest BCUT2D eigenvalue weighted by molar-refractivity contribution is 14.1. The third-order valence-electron chi connectivity index (χ3n) is 0.383. The third-order valence-corrected chi connectivity index (χ3v) is 2.77. The highest BCUT2D eigenvalue weighted by Gasteiger charge is 1.75. The van der Waals surface area contributed by atoms with Gasteiger partial charge in [0, 0.05) is 0 Å². The molecule has 3 heteroatoms. The molecule has 0 heterocycles. The maximum Gasteiger partial charge on any atom is 0.225 e. The Morgan fingerprint density at radius 2 is 2.67 bits per heavy atom. The van der Waals surface area contributed by atoms with Gasteiger partial charge in [0.2, 0.25) is 4.86 Å². The molecule has 0 aliphatic heterocycles. The lowest BCUT2D eigenvalue weighted by atomic mass is 10.7. The first-order valence-electron chi connectivity index (χ1n) is 1.79. The van der Waals surface area contributed by atoms with Crippen LogP contribution in [0.2, 0.25) is 0 Å². The monoisotopic (exact) mass is 212 g/mol. The average Bonchev–Trinajstić information content (AvgIpc) is 1.61. The number of allylic oxidation sites excluding steroid dienone is 1. The Balaban J connectivity index is 2.49. The first-order chi connectivity index (χ1) is 2.91. The van der Waals surface area contributed by atoms with Gasteiger partial charge >= 0.3 is 0 Å². The van der Waals surface area contributed by atoms with E-state index in [0.29, 0.717) is 0 Å². The van der Waals surface area contributed by atoms with E-state index in [1.807, 2.05) is 6.08 Å². The van der Waals surface area contributed by atoms with Crippen LogP contribution in [0, 0.1) is 0 Å². The quantitative estimate of drug-likeness (QED) is 0.219. The van der Waals surface area contributed by atoms with Gasteiger partial charge < -0.3 is 0 Å². The lowest BCUT2D eigenvalue weighted by Gasteiger charge is -1.79. The van der Waals surface area contributed by atoms with Gasteiger partial charge in [-0.05, 0) is 6.16 Å². The van der Waals surface area contributed by atoms with Crippen LogP contribution in [0.1, 0.15) is 0 Å². The first-order valence-corrected chi connectivity index (χ1v) is 4.73. The molecule has 0 aromatic heterocycles. The van der Waals surface area contributed by atoms with Crippen LogP contribution in [-0.2, 0) is 0 Å². The van der Waals surface area contributed by atoms with Crippen molar-refractivity contribution in [2.24, 2.45) is 0 Å². The molecular formula is C3H7BIP. The van der Waals surface area contributed by atoms with Crippen molar-refractivity contribution in [1.29, 1.82) is 0 Å². The summed E-state index contributed by atoms with van der Waals surface area (Å²) in [6, 6.07) is 0. The Morgan fingerprint density at radius 3 is 2.83 bits per heavy atom. The minimum Gasteiger partial charge on any atom is -0.148 e. The molecule has 0 spiro atoms. The molecule has 0 aliphatic carbocycles. The SMILES string of the molecule is C=CCPBI. The summed E-state index contributed by atoms with van der Waals surface area (Å²) >= 11 is 2.38. The van der Waals surface area contributed by atoms with Gasteiger partial charge in [-0.3, -0.25) is 0 Å². The molecule has 0 nitrogen and oxygen atoms in total. The van der Waals surface area contributed by atoms with Crippen LogP contribution >= 0.6 is 30.8 Å². The summed E-state index contributed by atoms with van der Waals surface area (Å²) in [5.74, 6) is 0. The summed E-state index contributed by atoms with van der Waals surface area (Å²) in [4.78, 5) is 1.28. The van der Waals surface area contributed by atoms with Gasteiger partial charge in [0.1, 0.15) is 0 Å². The van der Waals surface area contributed by atoms with Crippen LogP contribution in [0.5, 0.6) is 0 Å². The van der Waals surface area contributed by atoms with Crippen LogP contribution in [-0.4, -0.2) is 11.0 Å². The van der Waals surface area contributed by atoms with Crippen molar-refractivity contribution in [1.82, 2.24) is 0 Å². The minimum absolute atomic E-state index is 1.08. The predicted molar refractivity (Wildman–Crippen MR) is 44.5 cm³/mol. The van der Waals surface area contributed by atoms with Crippen LogP contribution < -0.4 is 0 Å². The van der Waals surface area contributed by atoms with E-state index in [-0.39, 0.29) is 0 Å². The second kappa shape index (κ2) is 5.96. The zero-order valence-corrected chi connectivity index (χ0v) is 6.73. The number of rotatable bonds is 3. The molecule has 0 radical (unpaired) electrons. The van der Waals surface area contributed by atoms with Gasteiger partial charge in [0.25, 0.3) is 0 Å². The zero-order chi connectivity index (χ0) is 4.83. The molecule has 0 fully saturated rings. The van der Waals surface area contributed by atoms with Crippen LogP contribution in [0.25, 0.3) is 0 Å². The van der Waals surface area contributed by atoms with E-state index in [0.717, 1.165) is 8.46 Å². The Morgan fingerprint density at radius 1 is 2.00 bits per heavy atom.